The van der Waals surface area contributed by atoms with Gasteiger partial charge in [0.1, 0.15) is 5.75 Å². The van der Waals surface area contributed by atoms with Crippen molar-refractivity contribution in [1.29, 1.82) is 0 Å². The number of para-hydroxylation sites is 1. The Balaban J connectivity index is 2.19. The highest BCUT2D eigenvalue weighted by molar-refractivity contribution is 7.86. The molecule has 164 valence electrons. The first-order valence-corrected chi connectivity index (χ1v) is 10.9. The van der Waals surface area contributed by atoms with Gasteiger partial charge in [-0.3, -0.25) is 0 Å². The third-order valence-corrected chi connectivity index (χ3v) is 4.39. The second-order valence-electron chi connectivity index (χ2n) is 7.18. The molecule has 2 aromatic rings. The van der Waals surface area contributed by atoms with Crippen molar-refractivity contribution in [2.24, 2.45) is 5.92 Å². The average molecular weight is 444 g/mol. The van der Waals surface area contributed by atoms with E-state index in [0.717, 1.165) is 12.3 Å². The van der Waals surface area contributed by atoms with E-state index in [0.29, 0.717) is 12.1 Å². The van der Waals surface area contributed by atoms with Crippen molar-refractivity contribution in [3.63, 3.8) is 0 Å². The topological polar surface area (TPSA) is 75.7 Å². The summed E-state index contributed by atoms with van der Waals surface area (Å²) < 4.78 is 66.7. The number of amides is 2. The summed E-state index contributed by atoms with van der Waals surface area (Å²) in [7, 11) is -3.66. The number of rotatable bonds is 7. The van der Waals surface area contributed by atoms with Gasteiger partial charge in [-0.25, -0.2) is 4.79 Å². The summed E-state index contributed by atoms with van der Waals surface area (Å²) in [5.74, 6) is 0.196. The van der Waals surface area contributed by atoms with Gasteiger partial charge in [0.25, 0.3) is 0 Å². The van der Waals surface area contributed by atoms with Crippen LogP contribution in [-0.4, -0.2) is 32.1 Å². The molecule has 0 saturated heterocycles. The monoisotopic (exact) mass is 444 g/mol. The Labute approximate surface area is 173 Å². The maximum atomic E-state index is 13.2. The van der Waals surface area contributed by atoms with Crippen LogP contribution in [0.15, 0.2) is 48.5 Å². The zero-order valence-corrected chi connectivity index (χ0v) is 17.5. The zero-order chi connectivity index (χ0) is 22.5. The second kappa shape index (κ2) is 9.38. The fourth-order valence-electron chi connectivity index (χ4n) is 2.74. The lowest BCUT2D eigenvalue weighted by molar-refractivity contribution is -0.136. The smallest absolute Gasteiger partial charge is 0.383 e. The molecule has 0 heterocycles. The predicted molar refractivity (Wildman–Crippen MR) is 108 cm³/mol. The molecule has 30 heavy (non-hydrogen) atoms. The number of benzene rings is 2. The van der Waals surface area contributed by atoms with Crippen LogP contribution < -0.4 is 9.50 Å². The van der Waals surface area contributed by atoms with Crippen molar-refractivity contribution in [2.75, 3.05) is 18.1 Å². The normalized spacial score (nSPS) is 12.0. The van der Waals surface area contributed by atoms with Gasteiger partial charge in [-0.15, -0.1) is 0 Å². The Morgan fingerprint density at radius 1 is 1.10 bits per heavy atom. The number of anilines is 1. The maximum absolute atomic E-state index is 13.2. The number of carbonyl (C=O) groups is 1. The molecular formula is C20H23F3N2O4S. The predicted octanol–water partition coefficient (Wildman–Crippen LogP) is 4.73. The Morgan fingerprint density at radius 2 is 1.70 bits per heavy atom. The lowest BCUT2D eigenvalue weighted by Gasteiger charge is -2.26. The molecule has 0 unspecified atom stereocenters. The van der Waals surface area contributed by atoms with Crippen LogP contribution in [0.2, 0.25) is 0 Å². The quantitative estimate of drug-likeness (QED) is 0.627. The van der Waals surface area contributed by atoms with E-state index in [9.17, 15) is 26.4 Å². The Morgan fingerprint density at radius 3 is 2.23 bits per heavy atom. The summed E-state index contributed by atoms with van der Waals surface area (Å²) in [6.07, 6.45) is -3.67. The third kappa shape index (κ3) is 7.25. The van der Waals surface area contributed by atoms with E-state index in [1.165, 1.54) is 35.2 Å². The fourth-order valence-corrected chi connectivity index (χ4v) is 3.20. The number of halogens is 3. The first-order valence-electron chi connectivity index (χ1n) is 9.05. The SMILES string of the molecule is CC(C)CN(Cc1ccc(OS(C)(=O)=O)cc1)C(=O)Nc1ccccc1C(F)(F)F. The summed E-state index contributed by atoms with van der Waals surface area (Å²) in [5, 5.41) is 2.35. The van der Waals surface area contributed by atoms with Crippen LogP contribution in [0.4, 0.5) is 23.7 Å². The van der Waals surface area contributed by atoms with E-state index >= 15 is 0 Å². The number of hydrogen-bond donors (Lipinski definition) is 1. The number of nitrogens with zero attached hydrogens (tertiary/aromatic N) is 1. The molecule has 2 amide bonds. The van der Waals surface area contributed by atoms with Gasteiger partial charge in [-0.05, 0) is 35.7 Å². The number of alkyl halides is 3. The van der Waals surface area contributed by atoms with Gasteiger partial charge in [0.2, 0.25) is 0 Å². The molecule has 1 N–H and O–H groups in total. The number of hydrogen-bond acceptors (Lipinski definition) is 4. The largest absolute Gasteiger partial charge is 0.418 e. The molecule has 10 heteroatoms. The van der Waals surface area contributed by atoms with Crippen molar-refractivity contribution in [3.8, 4) is 5.75 Å². The van der Waals surface area contributed by atoms with Gasteiger partial charge in [0, 0.05) is 13.1 Å². The van der Waals surface area contributed by atoms with Crippen LogP contribution in [0.3, 0.4) is 0 Å². The van der Waals surface area contributed by atoms with Crippen molar-refractivity contribution in [2.45, 2.75) is 26.6 Å². The first kappa shape index (κ1) is 23.5. The van der Waals surface area contributed by atoms with Crippen LogP contribution in [0.1, 0.15) is 25.0 Å². The van der Waals surface area contributed by atoms with E-state index in [1.807, 2.05) is 13.8 Å². The Bertz CT molecular complexity index is 974. The molecule has 0 fully saturated rings. The summed E-state index contributed by atoms with van der Waals surface area (Å²) in [4.78, 5) is 14.1. The molecule has 0 aliphatic heterocycles. The summed E-state index contributed by atoms with van der Waals surface area (Å²) in [6.45, 7) is 4.19. The molecule has 0 aliphatic carbocycles. The summed E-state index contributed by atoms with van der Waals surface area (Å²) >= 11 is 0. The van der Waals surface area contributed by atoms with Gasteiger partial charge in [-0.1, -0.05) is 38.1 Å². The van der Waals surface area contributed by atoms with Crippen LogP contribution in [-0.2, 0) is 22.8 Å². The van der Waals surface area contributed by atoms with E-state index < -0.39 is 27.9 Å². The molecule has 2 aromatic carbocycles. The Kier molecular flexibility index (Phi) is 7.35. The van der Waals surface area contributed by atoms with Gasteiger partial charge in [0.05, 0.1) is 17.5 Å². The van der Waals surface area contributed by atoms with Crippen molar-refractivity contribution >= 4 is 21.8 Å². The van der Waals surface area contributed by atoms with E-state index in [1.54, 1.807) is 12.1 Å². The maximum Gasteiger partial charge on any atom is 0.418 e. The van der Waals surface area contributed by atoms with Crippen molar-refractivity contribution in [1.82, 2.24) is 4.90 Å². The lowest BCUT2D eigenvalue weighted by Crippen LogP contribution is -2.37. The summed E-state index contributed by atoms with van der Waals surface area (Å²) in [5.41, 5.74) is -0.582. The minimum absolute atomic E-state index is 0.0708. The fraction of sp³-hybridized carbons (Fsp3) is 0.350. The highest BCUT2D eigenvalue weighted by Crippen LogP contribution is 2.34. The molecule has 0 spiro atoms. The highest BCUT2D eigenvalue weighted by atomic mass is 32.2. The third-order valence-electron chi connectivity index (χ3n) is 3.89. The van der Waals surface area contributed by atoms with Crippen LogP contribution in [0.5, 0.6) is 5.75 Å². The van der Waals surface area contributed by atoms with E-state index in [-0.39, 0.29) is 23.9 Å². The molecule has 0 saturated carbocycles. The first-order chi connectivity index (χ1) is 13.8. The minimum Gasteiger partial charge on any atom is -0.383 e. The van der Waals surface area contributed by atoms with E-state index in [4.69, 9.17) is 4.18 Å². The molecule has 6 nitrogen and oxygen atoms in total. The van der Waals surface area contributed by atoms with Gasteiger partial charge in [0.15, 0.2) is 0 Å². The molecule has 0 radical (unpaired) electrons. The molecule has 0 aliphatic rings. The van der Waals surface area contributed by atoms with Crippen LogP contribution in [0, 0.1) is 5.92 Å². The molecular weight excluding hydrogens is 421 g/mol. The van der Waals surface area contributed by atoms with Gasteiger partial charge >= 0.3 is 22.3 Å². The lowest BCUT2D eigenvalue weighted by atomic mass is 10.1. The van der Waals surface area contributed by atoms with Crippen LogP contribution >= 0.6 is 0 Å². The minimum atomic E-state index is -4.60. The van der Waals surface area contributed by atoms with Gasteiger partial charge in [-0.2, -0.15) is 21.6 Å². The molecule has 0 aromatic heterocycles. The van der Waals surface area contributed by atoms with E-state index in [2.05, 4.69) is 5.32 Å². The second-order valence-corrected chi connectivity index (χ2v) is 8.75. The zero-order valence-electron chi connectivity index (χ0n) is 16.7. The number of urea groups is 1. The number of nitrogens with one attached hydrogen (secondary N) is 1. The number of carbonyl (C=O) groups excluding carboxylic acids is 1. The van der Waals surface area contributed by atoms with Crippen LogP contribution in [0.25, 0.3) is 0 Å². The Hall–Kier alpha value is -2.75. The average Bonchev–Trinajstić information content (AvgIpc) is 2.60. The highest BCUT2D eigenvalue weighted by Gasteiger charge is 2.34. The van der Waals surface area contributed by atoms with Gasteiger partial charge < -0.3 is 14.4 Å². The van der Waals surface area contributed by atoms with Crippen molar-refractivity contribution < 1.29 is 30.6 Å². The molecule has 0 atom stereocenters. The van der Waals surface area contributed by atoms with Crippen molar-refractivity contribution in [3.05, 3.63) is 59.7 Å². The summed E-state index contributed by atoms with van der Waals surface area (Å²) in [6, 6.07) is 10.2. The molecule has 0 bridgehead atoms. The standard InChI is InChI=1S/C20H23F3N2O4S/c1-14(2)12-25(13-15-8-10-16(11-9-15)29-30(3,27)28)19(26)24-18-7-5-4-6-17(18)20(21,22)23/h4-11,14H,12-13H2,1-3H3,(H,24,26). The molecule has 2 rings (SSSR count).